The maximum atomic E-state index is 9.68. The zero-order valence-corrected chi connectivity index (χ0v) is 8.82. The van der Waals surface area contributed by atoms with Gasteiger partial charge in [0.15, 0.2) is 0 Å². The molecule has 5 heteroatoms. The summed E-state index contributed by atoms with van der Waals surface area (Å²) in [5.74, 6) is 0. The summed E-state index contributed by atoms with van der Waals surface area (Å²) in [6.07, 6.45) is 1.57. The summed E-state index contributed by atoms with van der Waals surface area (Å²) in [6, 6.07) is 9.63. The molecular formula is C11H14N4O. The van der Waals surface area contributed by atoms with Gasteiger partial charge in [0.25, 0.3) is 0 Å². The van der Waals surface area contributed by atoms with Crippen molar-refractivity contribution < 1.29 is 5.11 Å². The van der Waals surface area contributed by atoms with Gasteiger partial charge in [-0.1, -0.05) is 23.4 Å². The van der Waals surface area contributed by atoms with Crippen molar-refractivity contribution in [3.63, 3.8) is 0 Å². The molecule has 0 spiro atoms. The fourth-order valence-electron chi connectivity index (χ4n) is 1.44. The van der Waals surface area contributed by atoms with Crippen molar-refractivity contribution in [2.45, 2.75) is 12.5 Å². The van der Waals surface area contributed by atoms with Gasteiger partial charge < -0.3 is 10.8 Å². The number of nitrogens with two attached hydrogens (primary N) is 1. The molecule has 84 valence electrons. The minimum atomic E-state index is -0.637. The average Bonchev–Trinajstić information content (AvgIpc) is 2.80. The molecule has 0 bridgehead atoms. The van der Waals surface area contributed by atoms with E-state index in [2.05, 4.69) is 10.3 Å². The van der Waals surface area contributed by atoms with Crippen LogP contribution in [0.4, 0.5) is 0 Å². The third-order valence-corrected chi connectivity index (χ3v) is 2.31. The molecule has 1 atom stereocenters. The maximum Gasteiger partial charge on any atom is 0.112 e. The zero-order valence-electron chi connectivity index (χ0n) is 8.82. The predicted molar refractivity (Wildman–Crippen MR) is 60.0 cm³/mol. The largest absolute Gasteiger partial charge is 0.387 e. The highest BCUT2D eigenvalue weighted by molar-refractivity contribution is 5.30. The van der Waals surface area contributed by atoms with Crippen LogP contribution in [0.5, 0.6) is 0 Å². The Kier molecular flexibility index (Phi) is 3.28. The summed E-state index contributed by atoms with van der Waals surface area (Å²) in [6.45, 7) is 0.430. The number of aromatic nitrogens is 3. The van der Waals surface area contributed by atoms with Gasteiger partial charge in [-0.25, -0.2) is 4.68 Å². The Labute approximate surface area is 93.5 Å². The van der Waals surface area contributed by atoms with Crippen LogP contribution in [0.1, 0.15) is 18.2 Å². The molecule has 0 unspecified atom stereocenters. The minimum Gasteiger partial charge on any atom is -0.387 e. The fourth-order valence-corrected chi connectivity index (χ4v) is 1.44. The molecular weight excluding hydrogens is 204 g/mol. The molecule has 1 aromatic carbocycles. The van der Waals surface area contributed by atoms with E-state index < -0.39 is 6.10 Å². The van der Waals surface area contributed by atoms with Crippen molar-refractivity contribution in [2.24, 2.45) is 5.73 Å². The van der Waals surface area contributed by atoms with Gasteiger partial charge in [0, 0.05) is 0 Å². The van der Waals surface area contributed by atoms with Crippen LogP contribution >= 0.6 is 0 Å². The van der Waals surface area contributed by atoms with Crippen LogP contribution in [0.25, 0.3) is 5.69 Å². The van der Waals surface area contributed by atoms with Crippen molar-refractivity contribution in [3.8, 4) is 5.69 Å². The fraction of sp³-hybridized carbons (Fsp3) is 0.273. The molecule has 16 heavy (non-hydrogen) atoms. The van der Waals surface area contributed by atoms with E-state index in [0.29, 0.717) is 18.7 Å². The van der Waals surface area contributed by atoms with E-state index >= 15 is 0 Å². The summed E-state index contributed by atoms with van der Waals surface area (Å²) < 4.78 is 1.63. The molecule has 2 rings (SSSR count). The van der Waals surface area contributed by atoms with Crippen LogP contribution in [-0.4, -0.2) is 26.6 Å². The van der Waals surface area contributed by atoms with Gasteiger partial charge in [-0.2, -0.15) is 0 Å². The standard InChI is InChI=1S/C11H14N4O/c12-7-6-11(16)10-8-15(14-13-10)9-4-2-1-3-5-9/h1-5,8,11,16H,6-7,12H2/t11-/m1/s1. The van der Waals surface area contributed by atoms with Crippen molar-refractivity contribution in [2.75, 3.05) is 6.54 Å². The Morgan fingerprint density at radius 2 is 2.06 bits per heavy atom. The number of aliphatic hydroxyl groups excluding tert-OH is 1. The minimum absolute atomic E-state index is 0.430. The predicted octanol–water partition coefficient (Wildman–Crippen LogP) is 0.650. The maximum absolute atomic E-state index is 9.68. The summed E-state index contributed by atoms with van der Waals surface area (Å²) in [4.78, 5) is 0. The van der Waals surface area contributed by atoms with E-state index in [1.165, 1.54) is 0 Å². The Bertz CT molecular complexity index is 440. The monoisotopic (exact) mass is 218 g/mol. The zero-order chi connectivity index (χ0) is 11.4. The molecule has 0 aliphatic carbocycles. The van der Waals surface area contributed by atoms with Crippen LogP contribution in [0.3, 0.4) is 0 Å². The molecule has 1 heterocycles. The van der Waals surface area contributed by atoms with E-state index in [-0.39, 0.29) is 0 Å². The molecule has 5 nitrogen and oxygen atoms in total. The Hall–Kier alpha value is -1.72. The highest BCUT2D eigenvalue weighted by Gasteiger charge is 2.11. The topological polar surface area (TPSA) is 77.0 Å². The second-order valence-electron chi connectivity index (χ2n) is 3.52. The SMILES string of the molecule is NCC[C@@H](O)c1cn(-c2ccccc2)nn1. The molecule has 3 N–H and O–H groups in total. The summed E-state index contributed by atoms with van der Waals surface area (Å²) in [5, 5.41) is 17.6. The van der Waals surface area contributed by atoms with Crippen LogP contribution in [-0.2, 0) is 0 Å². The normalized spacial score (nSPS) is 12.6. The number of hydrogen-bond acceptors (Lipinski definition) is 4. The number of hydrogen-bond donors (Lipinski definition) is 2. The third-order valence-electron chi connectivity index (χ3n) is 2.31. The quantitative estimate of drug-likeness (QED) is 0.790. The highest BCUT2D eigenvalue weighted by Crippen LogP contribution is 2.14. The summed E-state index contributed by atoms with van der Waals surface area (Å²) in [5.41, 5.74) is 6.84. The van der Waals surface area contributed by atoms with Gasteiger partial charge in [-0.05, 0) is 25.1 Å². The Morgan fingerprint density at radius 1 is 1.31 bits per heavy atom. The molecule has 0 saturated carbocycles. The first-order valence-electron chi connectivity index (χ1n) is 5.17. The number of benzene rings is 1. The molecule has 0 amide bonds. The van der Waals surface area contributed by atoms with Gasteiger partial charge in [-0.3, -0.25) is 0 Å². The van der Waals surface area contributed by atoms with E-state index in [4.69, 9.17) is 5.73 Å². The first-order valence-corrected chi connectivity index (χ1v) is 5.17. The smallest absolute Gasteiger partial charge is 0.112 e. The molecule has 0 aliphatic heterocycles. The van der Waals surface area contributed by atoms with E-state index in [1.54, 1.807) is 10.9 Å². The third kappa shape index (κ3) is 2.26. The van der Waals surface area contributed by atoms with Crippen molar-refractivity contribution in [3.05, 3.63) is 42.2 Å². The molecule has 0 aliphatic rings. The lowest BCUT2D eigenvalue weighted by Crippen LogP contribution is -2.06. The second kappa shape index (κ2) is 4.87. The van der Waals surface area contributed by atoms with E-state index in [9.17, 15) is 5.11 Å². The van der Waals surface area contributed by atoms with Gasteiger partial charge in [0.05, 0.1) is 11.9 Å². The Morgan fingerprint density at radius 3 is 2.75 bits per heavy atom. The summed E-state index contributed by atoms with van der Waals surface area (Å²) in [7, 11) is 0. The number of para-hydroxylation sites is 1. The molecule has 1 aromatic heterocycles. The van der Waals surface area contributed by atoms with Gasteiger partial charge in [-0.15, -0.1) is 5.10 Å². The molecule has 0 fully saturated rings. The van der Waals surface area contributed by atoms with Crippen LogP contribution in [0.15, 0.2) is 36.5 Å². The first-order chi connectivity index (χ1) is 7.81. The molecule has 2 aromatic rings. The summed E-state index contributed by atoms with van der Waals surface area (Å²) >= 11 is 0. The van der Waals surface area contributed by atoms with Gasteiger partial charge >= 0.3 is 0 Å². The van der Waals surface area contributed by atoms with Crippen LogP contribution in [0, 0.1) is 0 Å². The number of nitrogens with zero attached hydrogens (tertiary/aromatic N) is 3. The van der Waals surface area contributed by atoms with Crippen molar-refractivity contribution in [1.82, 2.24) is 15.0 Å². The van der Waals surface area contributed by atoms with Gasteiger partial charge in [0.1, 0.15) is 11.8 Å². The number of rotatable bonds is 4. The van der Waals surface area contributed by atoms with Gasteiger partial charge in [0.2, 0.25) is 0 Å². The lowest BCUT2D eigenvalue weighted by Gasteiger charge is -2.03. The van der Waals surface area contributed by atoms with Crippen LogP contribution in [0.2, 0.25) is 0 Å². The Balaban J connectivity index is 2.20. The highest BCUT2D eigenvalue weighted by atomic mass is 16.3. The number of aliphatic hydroxyl groups is 1. The van der Waals surface area contributed by atoms with E-state index in [0.717, 1.165) is 5.69 Å². The molecule has 0 saturated heterocycles. The van der Waals surface area contributed by atoms with Crippen molar-refractivity contribution >= 4 is 0 Å². The molecule has 0 radical (unpaired) electrons. The lowest BCUT2D eigenvalue weighted by atomic mass is 10.2. The average molecular weight is 218 g/mol. The van der Waals surface area contributed by atoms with Crippen molar-refractivity contribution in [1.29, 1.82) is 0 Å². The second-order valence-corrected chi connectivity index (χ2v) is 3.52. The first kappa shape index (κ1) is 10.8. The van der Waals surface area contributed by atoms with E-state index in [1.807, 2.05) is 30.3 Å². The van der Waals surface area contributed by atoms with Crippen LogP contribution < -0.4 is 5.73 Å². The lowest BCUT2D eigenvalue weighted by molar-refractivity contribution is 0.165.